The van der Waals surface area contributed by atoms with E-state index in [0.29, 0.717) is 35.4 Å². The standard InChI is InChI=1S/C18H26O2.C18H24O/c1-11(2)12-6-7-14(18(3,4)5)16-13(12)10-15-17(16)20-9-8-19-15;1-10(2)12-8-9-13(11(3)4)17-16(12)14-6-5-7-15(14)18(17)19/h6-7,11,15,17H,8-10H2,1-5H3;8-11,14-15H,5-7H2,1-4H3. The summed E-state index contributed by atoms with van der Waals surface area (Å²) in [5.41, 5.74) is 11.2. The Kier molecular flexibility index (Phi) is 7.90. The third-order valence-electron chi connectivity index (χ3n) is 9.59. The molecule has 4 atom stereocenters. The normalized spacial score (nSPS) is 25.5. The van der Waals surface area contributed by atoms with Crippen molar-refractivity contribution in [3.05, 3.63) is 68.8 Å². The molecule has 1 saturated heterocycles. The van der Waals surface area contributed by atoms with E-state index in [2.05, 4.69) is 86.6 Å². The first kappa shape index (κ1) is 28.6. The molecule has 0 aromatic heterocycles. The molecule has 1 aliphatic heterocycles. The van der Waals surface area contributed by atoms with Crippen LogP contribution >= 0.6 is 0 Å². The maximum absolute atomic E-state index is 12.8. The lowest BCUT2D eigenvalue weighted by molar-refractivity contribution is -0.134. The van der Waals surface area contributed by atoms with E-state index >= 15 is 0 Å². The van der Waals surface area contributed by atoms with Crippen molar-refractivity contribution in [2.45, 2.75) is 129 Å². The highest BCUT2D eigenvalue weighted by Crippen LogP contribution is 2.52. The van der Waals surface area contributed by atoms with E-state index in [1.165, 1.54) is 51.8 Å². The lowest BCUT2D eigenvalue weighted by atomic mass is 9.80. The van der Waals surface area contributed by atoms with Gasteiger partial charge in [0.15, 0.2) is 5.78 Å². The van der Waals surface area contributed by atoms with Crippen molar-refractivity contribution in [1.82, 2.24) is 0 Å². The van der Waals surface area contributed by atoms with E-state index in [0.717, 1.165) is 31.6 Å². The molecule has 1 heterocycles. The molecule has 0 spiro atoms. The van der Waals surface area contributed by atoms with Crippen LogP contribution in [0, 0.1) is 5.92 Å². The summed E-state index contributed by atoms with van der Waals surface area (Å²) in [6.45, 7) is 21.8. The van der Waals surface area contributed by atoms with Gasteiger partial charge in [0.1, 0.15) is 6.10 Å². The molecule has 212 valence electrons. The van der Waals surface area contributed by atoms with E-state index < -0.39 is 0 Å². The zero-order valence-corrected chi connectivity index (χ0v) is 25.8. The fourth-order valence-electron chi connectivity index (χ4n) is 7.75. The minimum absolute atomic E-state index is 0.145. The first-order valence-corrected chi connectivity index (χ1v) is 15.5. The highest BCUT2D eigenvalue weighted by molar-refractivity contribution is 6.05. The highest BCUT2D eigenvalue weighted by atomic mass is 16.6. The van der Waals surface area contributed by atoms with Crippen molar-refractivity contribution in [2.24, 2.45) is 5.92 Å². The minimum atomic E-state index is 0.145. The fraction of sp³-hybridized carbons (Fsp3) is 0.639. The van der Waals surface area contributed by atoms with Gasteiger partial charge in [-0.05, 0) is 80.9 Å². The van der Waals surface area contributed by atoms with Gasteiger partial charge in [0.05, 0.1) is 19.3 Å². The van der Waals surface area contributed by atoms with Gasteiger partial charge < -0.3 is 9.47 Å². The van der Waals surface area contributed by atoms with Crippen molar-refractivity contribution in [2.75, 3.05) is 13.2 Å². The molecule has 0 amide bonds. The molecule has 39 heavy (non-hydrogen) atoms. The van der Waals surface area contributed by atoms with Crippen LogP contribution in [0.4, 0.5) is 0 Å². The van der Waals surface area contributed by atoms with Crippen LogP contribution in [0.25, 0.3) is 0 Å². The van der Waals surface area contributed by atoms with Gasteiger partial charge in [-0.25, -0.2) is 0 Å². The number of ketones is 1. The predicted octanol–water partition coefficient (Wildman–Crippen LogP) is 9.13. The summed E-state index contributed by atoms with van der Waals surface area (Å²) in [5.74, 6) is 2.78. The number of rotatable bonds is 3. The van der Waals surface area contributed by atoms with Gasteiger partial charge in [-0.1, -0.05) is 93.0 Å². The largest absolute Gasteiger partial charge is 0.372 e. The first-order valence-electron chi connectivity index (χ1n) is 15.5. The second-order valence-corrected chi connectivity index (χ2v) is 14.3. The molecule has 1 saturated carbocycles. The lowest BCUT2D eigenvalue weighted by Gasteiger charge is -2.31. The van der Waals surface area contributed by atoms with Gasteiger partial charge >= 0.3 is 0 Å². The average Bonchev–Trinajstić information content (AvgIpc) is 3.57. The third kappa shape index (κ3) is 5.04. The molecule has 0 N–H and O–H groups in total. The van der Waals surface area contributed by atoms with E-state index in [1.54, 1.807) is 0 Å². The van der Waals surface area contributed by atoms with Crippen molar-refractivity contribution in [1.29, 1.82) is 0 Å². The quantitative estimate of drug-likeness (QED) is 0.397. The van der Waals surface area contributed by atoms with Crippen molar-refractivity contribution < 1.29 is 14.3 Å². The zero-order valence-electron chi connectivity index (χ0n) is 25.8. The maximum Gasteiger partial charge on any atom is 0.167 e. The van der Waals surface area contributed by atoms with Crippen LogP contribution in [-0.4, -0.2) is 25.1 Å². The molecule has 6 rings (SSSR count). The Hall–Kier alpha value is -1.97. The average molecular weight is 531 g/mol. The number of hydrogen-bond donors (Lipinski definition) is 0. The summed E-state index contributed by atoms with van der Waals surface area (Å²) in [4.78, 5) is 12.8. The molecule has 4 unspecified atom stereocenters. The van der Waals surface area contributed by atoms with Gasteiger partial charge in [0.2, 0.25) is 0 Å². The summed E-state index contributed by atoms with van der Waals surface area (Å²) in [6, 6.07) is 9.13. The van der Waals surface area contributed by atoms with Crippen molar-refractivity contribution in [3.63, 3.8) is 0 Å². The Bertz CT molecular complexity index is 1230. The lowest BCUT2D eigenvalue weighted by Crippen LogP contribution is -2.30. The van der Waals surface area contributed by atoms with Crippen molar-refractivity contribution >= 4 is 5.78 Å². The Balaban J connectivity index is 0.000000158. The summed E-state index contributed by atoms with van der Waals surface area (Å²) in [6.07, 6.45) is 4.92. The van der Waals surface area contributed by atoms with Crippen molar-refractivity contribution in [3.8, 4) is 0 Å². The summed E-state index contributed by atoms with van der Waals surface area (Å²) in [7, 11) is 0. The molecular weight excluding hydrogens is 480 g/mol. The summed E-state index contributed by atoms with van der Waals surface area (Å²) in [5, 5.41) is 0. The number of ether oxygens (including phenoxy) is 2. The smallest absolute Gasteiger partial charge is 0.167 e. The minimum Gasteiger partial charge on any atom is -0.372 e. The van der Waals surface area contributed by atoms with Crippen LogP contribution in [0.15, 0.2) is 24.3 Å². The van der Waals surface area contributed by atoms with E-state index in [9.17, 15) is 4.79 Å². The van der Waals surface area contributed by atoms with Gasteiger partial charge in [0, 0.05) is 17.9 Å². The van der Waals surface area contributed by atoms with E-state index in [-0.39, 0.29) is 17.6 Å². The Morgan fingerprint density at radius 1 is 0.744 bits per heavy atom. The second-order valence-electron chi connectivity index (χ2n) is 14.3. The predicted molar refractivity (Wildman–Crippen MR) is 160 cm³/mol. The van der Waals surface area contributed by atoms with Crippen LogP contribution in [0.1, 0.15) is 161 Å². The molecule has 4 aliphatic rings. The molecule has 3 aliphatic carbocycles. The van der Waals surface area contributed by atoms with Gasteiger partial charge in [-0.3, -0.25) is 4.79 Å². The van der Waals surface area contributed by atoms with Gasteiger partial charge in [-0.2, -0.15) is 0 Å². The number of carbonyl (C=O) groups is 1. The zero-order chi connectivity index (χ0) is 28.2. The number of benzene rings is 2. The van der Waals surface area contributed by atoms with Crippen LogP contribution in [-0.2, 0) is 21.3 Å². The maximum atomic E-state index is 12.8. The third-order valence-corrected chi connectivity index (χ3v) is 9.59. The highest BCUT2D eigenvalue weighted by Gasteiger charge is 2.45. The number of hydrogen-bond acceptors (Lipinski definition) is 3. The van der Waals surface area contributed by atoms with Gasteiger partial charge in [0.25, 0.3) is 0 Å². The number of carbonyl (C=O) groups excluding carboxylic acids is 1. The van der Waals surface area contributed by atoms with Crippen LogP contribution < -0.4 is 0 Å². The van der Waals surface area contributed by atoms with E-state index in [4.69, 9.17) is 9.47 Å². The monoisotopic (exact) mass is 530 g/mol. The van der Waals surface area contributed by atoms with E-state index in [1.807, 2.05) is 0 Å². The summed E-state index contributed by atoms with van der Waals surface area (Å²) < 4.78 is 12.0. The molecule has 3 nitrogen and oxygen atoms in total. The van der Waals surface area contributed by atoms with Crippen LogP contribution in [0.5, 0.6) is 0 Å². The number of Topliss-reactive ketones (excluding diaryl/α,β-unsaturated/α-hetero) is 1. The Morgan fingerprint density at radius 2 is 1.33 bits per heavy atom. The Morgan fingerprint density at radius 3 is 1.97 bits per heavy atom. The summed E-state index contributed by atoms with van der Waals surface area (Å²) >= 11 is 0. The topological polar surface area (TPSA) is 35.5 Å². The molecular formula is C36H50O3. The molecule has 2 aromatic carbocycles. The fourth-order valence-corrected chi connectivity index (χ4v) is 7.75. The first-order chi connectivity index (χ1) is 18.4. The molecule has 0 radical (unpaired) electrons. The van der Waals surface area contributed by atoms with Crippen LogP contribution in [0.3, 0.4) is 0 Å². The molecule has 3 heteroatoms. The van der Waals surface area contributed by atoms with Crippen LogP contribution in [0.2, 0.25) is 0 Å². The SMILES string of the molecule is CC(C)c1ccc(C(C)(C)C)c2c1CC1OCCOC21.CC(C)c1ccc(C(C)C)c2c1C(=O)C1CCCC21. The number of fused-ring (bicyclic) bond motifs is 6. The second kappa shape index (κ2) is 10.8. The molecule has 0 bridgehead atoms. The Labute approximate surface area is 237 Å². The van der Waals surface area contributed by atoms with Gasteiger partial charge in [-0.15, -0.1) is 0 Å². The molecule has 2 fully saturated rings. The molecule has 2 aromatic rings.